The maximum atomic E-state index is 12.3. The first-order valence-corrected chi connectivity index (χ1v) is 13.5. The number of hydrogen-bond acceptors (Lipinski definition) is 6. The molecule has 5 atom stereocenters. The van der Waals surface area contributed by atoms with Gasteiger partial charge in [0.2, 0.25) is 0 Å². The normalized spacial score (nSPS) is 29.9. The zero-order valence-electron chi connectivity index (χ0n) is 20.2. The molecule has 0 unspecified atom stereocenters. The van der Waals surface area contributed by atoms with Gasteiger partial charge in [0.05, 0.1) is 0 Å². The first-order chi connectivity index (χ1) is 15.1. The molecule has 0 bridgehead atoms. The summed E-state index contributed by atoms with van der Waals surface area (Å²) in [4.78, 5) is 12.3. The van der Waals surface area contributed by atoms with Crippen molar-refractivity contribution in [3.8, 4) is 0 Å². The van der Waals surface area contributed by atoms with Crippen LogP contribution in [-0.4, -0.2) is 72.0 Å². The van der Waals surface area contributed by atoms with E-state index in [0.717, 1.165) is 12.8 Å². The molecule has 0 saturated carbocycles. The minimum atomic E-state index is -0.557. The Morgan fingerprint density at radius 3 is 2.53 bits per heavy atom. The Labute approximate surface area is 198 Å². The third-order valence-electron chi connectivity index (χ3n) is 6.28. The second kappa shape index (κ2) is 11.0. The number of benzene rings is 1. The quantitative estimate of drug-likeness (QED) is 0.302. The van der Waals surface area contributed by atoms with Crippen LogP contribution in [0.15, 0.2) is 30.3 Å². The zero-order chi connectivity index (χ0) is 23.4. The number of ether oxygens (including phenoxy) is 5. The van der Waals surface area contributed by atoms with Crippen molar-refractivity contribution < 1.29 is 28.5 Å². The zero-order valence-corrected chi connectivity index (χ0v) is 21.9. The van der Waals surface area contributed by atoms with Gasteiger partial charge in [0.1, 0.15) is 0 Å². The van der Waals surface area contributed by atoms with Gasteiger partial charge in [-0.15, -0.1) is 0 Å². The SMILES string of the molecule is CO[C@@H]1[C@H]2OCO[C@H](COC(=O)C(C)(C)C)[C@H]2O[C@H](CCC[Se]c2ccccc2)C1(C)C. The van der Waals surface area contributed by atoms with Crippen LogP contribution in [0, 0.1) is 10.8 Å². The van der Waals surface area contributed by atoms with Gasteiger partial charge in [0.15, 0.2) is 0 Å². The molecule has 3 rings (SSSR count). The minimum absolute atomic E-state index is 0.00592. The molecule has 2 aliphatic heterocycles. The van der Waals surface area contributed by atoms with Crippen molar-refractivity contribution in [1.29, 1.82) is 0 Å². The Balaban J connectivity index is 1.63. The molecule has 0 amide bonds. The second-order valence-electron chi connectivity index (χ2n) is 10.2. The van der Waals surface area contributed by atoms with Crippen LogP contribution in [0.25, 0.3) is 0 Å². The molecule has 7 heteroatoms. The van der Waals surface area contributed by atoms with Crippen LogP contribution >= 0.6 is 0 Å². The molecule has 0 radical (unpaired) electrons. The van der Waals surface area contributed by atoms with Crippen molar-refractivity contribution in [2.24, 2.45) is 10.8 Å². The van der Waals surface area contributed by atoms with Crippen molar-refractivity contribution in [3.05, 3.63) is 30.3 Å². The van der Waals surface area contributed by atoms with Gasteiger partial charge in [-0.05, 0) is 0 Å². The number of esters is 1. The van der Waals surface area contributed by atoms with Gasteiger partial charge in [0, 0.05) is 0 Å². The Morgan fingerprint density at radius 2 is 1.88 bits per heavy atom. The molecule has 0 N–H and O–H groups in total. The van der Waals surface area contributed by atoms with Gasteiger partial charge in [-0.1, -0.05) is 0 Å². The Kier molecular flexibility index (Phi) is 8.81. The van der Waals surface area contributed by atoms with E-state index in [9.17, 15) is 4.79 Å². The van der Waals surface area contributed by atoms with E-state index in [1.807, 2.05) is 20.8 Å². The number of carbonyl (C=O) groups excluding carboxylic acids is 1. The predicted octanol–water partition coefficient (Wildman–Crippen LogP) is 3.35. The maximum absolute atomic E-state index is 12.3. The molecule has 0 spiro atoms. The van der Waals surface area contributed by atoms with Crippen molar-refractivity contribution in [3.63, 3.8) is 0 Å². The molecule has 180 valence electrons. The summed E-state index contributed by atoms with van der Waals surface area (Å²) >= 11 is 0.462. The van der Waals surface area contributed by atoms with E-state index in [4.69, 9.17) is 23.7 Å². The summed E-state index contributed by atoms with van der Waals surface area (Å²) in [5.74, 6) is -0.247. The number of methoxy groups -OCH3 is 1. The molecule has 6 nitrogen and oxygen atoms in total. The topological polar surface area (TPSA) is 63.2 Å². The molecule has 1 aromatic carbocycles. The van der Waals surface area contributed by atoms with Crippen LogP contribution < -0.4 is 4.46 Å². The molecule has 1 aromatic rings. The molecule has 2 aliphatic rings. The molecule has 2 heterocycles. The molecule has 0 aromatic heterocycles. The van der Waals surface area contributed by atoms with Gasteiger partial charge >= 0.3 is 199 Å². The van der Waals surface area contributed by atoms with E-state index in [1.165, 1.54) is 9.78 Å². The Hall–Kier alpha value is -0.951. The van der Waals surface area contributed by atoms with E-state index < -0.39 is 5.41 Å². The predicted molar refractivity (Wildman–Crippen MR) is 124 cm³/mol. The van der Waals surface area contributed by atoms with Crippen molar-refractivity contribution in [1.82, 2.24) is 0 Å². The van der Waals surface area contributed by atoms with E-state index in [2.05, 4.69) is 44.2 Å². The average molecular weight is 514 g/mol. The van der Waals surface area contributed by atoms with Crippen molar-refractivity contribution >= 4 is 25.4 Å². The van der Waals surface area contributed by atoms with Crippen molar-refractivity contribution in [2.75, 3.05) is 20.5 Å². The van der Waals surface area contributed by atoms with Gasteiger partial charge < -0.3 is 0 Å². The van der Waals surface area contributed by atoms with Crippen LogP contribution in [0.2, 0.25) is 5.32 Å². The van der Waals surface area contributed by atoms with Gasteiger partial charge in [-0.3, -0.25) is 0 Å². The fourth-order valence-electron chi connectivity index (χ4n) is 4.37. The van der Waals surface area contributed by atoms with E-state index in [1.54, 1.807) is 7.11 Å². The summed E-state index contributed by atoms with van der Waals surface area (Å²) in [7, 11) is 1.73. The Morgan fingerprint density at radius 1 is 1.16 bits per heavy atom. The summed E-state index contributed by atoms with van der Waals surface area (Å²) in [5, 5.41) is 1.17. The fourth-order valence-corrected chi connectivity index (χ4v) is 6.25. The van der Waals surface area contributed by atoms with Crippen LogP contribution in [0.1, 0.15) is 47.5 Å². The van der Waals surface area contributed by atoms with Gasteiger partial charge in [0.25, 0.3) is 0 Å². The third kappa shape index (κ3) is 6.13. The molecule has 2 saturated heterocycles. The molecule has 32 heavy (non-hydrogen) atoms. The molecular formula is C25H38O6Se. The molecule has 2 fully saturated rings. The first kappa shape index (κ1) is 25.7. The summed E-state index contributed by atoms with van der Waals surface area (Å²) in [5.41, 5.74) is -0.766. The van der Waals surface area contributed by atoms with Gasteiger partial charge in [-0.2, -0.15) is 0 Å². The standard InChI is InChI=1S/C25H38O6Se/c1-24(2,3)23(26)28-15-18-20-21(30-16-29-18)22(27-6)25(4,5)19(31-20)13-10-14-32-17-11-8-7-9-12-17/h7-9,11-12,18-22H,10,13-16H2,1-6H3/t18-,19-,20-,21+,22-/m1/s1. The first-order valence-electron chi connectivity index (χ1n) is 11.4. The molecular weight excluding hydrogens is 475 g/mol. The Bertz CT molecular complexity index is 732. The summed E-state index contributed by atoms with van der Waals surface area (Å²) in [6.07, 6.45) is 0.944. The van der Waals surface area contributed by atoms with E-state index in [0.29, 0.717) is 15.0 Å². The van der Waals surface area contributed by atoms with E-state index >= 15 is 0 Å². The van der Waals surface area contributed by atoms with Crippen LogP contribution in [0.5, 0.6) is 0 Å². The third-order valence-corrected chi connectivity index (χ3v) is 8.59. The summed E-state index contributed by atoms with van der Waals surface area (Å²) in [6.45, 7) is 10.2. The van der Waals surface area contributed by atoms with Crippen LogP contribution in [0.4, 0.5) is 0 Å². The number of fused-ring (bicyclic) bond motifs is 1. The van der Waals surface area contributed by atoms with Crippen LogP contribution in [0.3, 0.4) is 0 Å². The number of rotatable bonds is 8. The monoisotopic (exact) mass is 514 g/mol. The van der Waals surface area contributed by atoms with E-state index in [-0.39, 0.29) is 55.3 Å². The number of carbonyl (C=O) groups is 1. The fraction of sp³-hybridized carbons (Fsp3) is 0.720. The average Bonchev–Trinajstić information content (AvgIpc) is 2.75. The molecule has 0 aliphatic carbocycles. The summed E-state index contributed by atoms with van der Waals surface area (Å²) < 4.78 is 31.3. The van der Waals surface area contributed by atoms with Gasteiger partial charge in [-0.25, -0.2) is 0 Å². The summed E-state index contributed by atoms with van der Waals surface area (Å²) in [6, 6.07) is 10.7. The van der Waals surface area contributed by atoms with Crippen LogP contribution in [-0.2, 0) is 28.5 Å². The second-order valence-corrected chi connectivity index (χ2v) is 12.6. The van der Waals surface area contributed by atoms with Crippen molar-refractivity contribution in [2.45, 2.75) is 83.3 Å². The number of hydrogen-bond donors (Lipinski definition) is 0.